The minimum Gasteiger partial charge on any atom is -0.304 e. The summed E-state index contributed by atoms with van der Waals surface area (Å²) in [6.07, 6.45) is 0. The molecule has 0 saturated carbocycles. The van der Waals surface area contributed by atoms with Gasteiger partial charge in [0.05, 0.1) is 6.54 Å². The molecule has 0 radical (unpaired) electrons. The number of Topliss-reactive ketones (excluding diaryl/α,β-unsaturated/α-hetero) is 1. The summed E-state index contributed by atoms with van der Waals surface area (Å²) in [6, 6.07) is 0. The van der Waals surface area contributed by atoms with Crippen molar-refractivity contribution in [2.24, 2.45) is 0 Å². The number of piperazine rings is 1. The Hall–Kier alpha value is -0.410. The summed E-state index contributed by atoms with van der Waals surface area (Å²) >= 11 is 0. The third kappa shape index (κ3) is 3.39. The third-order valence-corrected chi connectivity index (χ3v) is 2.36. The van der Waals surface area contributed by atoms with E-state index in [9.17, 15) is 4.79 Å². The second-order valence-corrected chi connectivity index (χ2v) is 5.74. The van der Waals surface area contributed by atoms with Gasteiger partial charge in [0.1, 0.15) is 5.78 Å². The number of carbonyl (C=O) groups excluding carboxylic acids is 1. The molecule has 1 saturated heterocycles. The summed E-state index contributed by atoms with van der Waals surface area (Å²) in [5.41, 5.74) is 0.189. The van der Waals surface area contributed by atoms with Gasteiger partial charge in [-0.15, -0.1) is 0 Å². The molecule has 1 N–H and O–H groups in total. The topological polar surface area (TPSA) is 32.3 Å². The fourth-order valence-electron chi connectivity index (χ4n) is 2.60. The molecule has 82 valence electrons. The predicted octanol–water partition coefficient (Wildman–Crippen LogP) is 1.04. The molecule has 1 fully saturated rings. The van der Waals surface area contributed by atoms with E-state index >= 15 is 0 Å². The van der Waals surface area contributed by atoms with Gasteiger partial charge in [0, 0.05) is 24.2 Å². The number of ketones is 1. The van der Waals surface area contributed by atoms with Crippen LogP contribution in [0.3, 0.4) is 0 Å². The van der Waals surface area contributed by atoms with Gasteiger partial charge in [-0.05, 0) is 34.6 Å². The highest BCUT2D eigenvalue weighted by atomic mass is 16.1. The Morgan fingerprint density at radius 2 is 1.64 bits per heavy atom. The van der Waals surface area contributed by atoms with Crippen LogP contribution in [0, 0.1) is 0 Å². The van der Waals surface area contributed by atoms with E-state index in [1.165, 1.54) is 0 Å². The summed E-state index contributed by atoms with van der Waals surface area (Å²) in [6.45, 7) is 12.8. The normalized spacial score (nSPS) is 26.1. The van der Waals surface area contributed by atoms with Crippen LogP contribution >= 0.6 is 0 Å². The van der Waals surface area contributed by atoms with Crippen LogP contribution in [0.25, 0.3) is 0 Å². The number of nitrogens with one attached hydrogen (secondary N) is 1. The summed E-state index contributed by atoms with van der Waals surface area (Å²) in [4.78, 5) is 13.3. The van der Waals surface area contributed by atoms with Crippen LogP contribution in [0.5, 0.6) is 0 Å². The van der Waals surface area contributed by atoms with Crippen LogP contribution in [-0.4, -0.2) is 41.4 Å². The smallest absolute Gasteiger partial charge is 0.143 e. The van der Waals surface area contributed by atoms with Crippen LogP contribution in [0.15, 0.2) is 0 Å². The van der Waals surface area contributed by atoms with Crippen molar-refractivity contribution in [2.45, 2.75) is 45.7 Å². The van der Waals surface area contributed by atoms with Crippen molar-refractivity contribution in [2.75, 3.05) is 19.6 Å². The highest BCUT2D eigenvalue weighted by molar-refractivity contribution is 5.77. The first-order valence-corrected chi connectivity index (χ1v) is 5.21. The van der Waals surface area contributed by atoms with Crippen molar-refractivity contribution in [3.05, 3.63) is 0 Å². The molecule has 3 nitrogen and oxygen atoms in total. The van der Waals surface area contributed by atoms with E-state index in [-0.39, 0.29) is 16.9 Å². The molecule has 0 aliphatic carbocycles. The lowest BCUT2D eigenvalue weighted by Crippen LogP contribution is -2.67. The molecule has 0 bridgehead atoms. The lowest BCUT2D eigenvalue weighted by molar-refractivity contribution is -0.119. The molecule has 0 aromatic carbocycles. The van der Waals surface area contributed by atoms with Crippen LogP contribution in [0.1, 0.15) is 34.6 Å². The molecule has 1 aliphatic rings. The first kappa shape index (κ1) is 11.7. The van der Waals surface area contributed by atoms with Crippen LogP contribution < -0.4 is 5.32 Å². The van der Waals surface area contributed by atoms with Crippen LogP contribution in [0.4, 0.5) is 0 Å². The second kappa shape index (κ2) is 3.63. The minimum atomic E-state index is 0.0944. The van der Waals surface area contributed by atoms with Crippen molar-refractivity contribution in [1.29, 1.82) is 0 Å². The van der Waals surface area contributed by atoms with E-state index < -0.39 is 0 Å². The molecule has 1 heterocycles. The van der Waals surface area contributed by atoms with Crippen molar-refractivity contribution in [1.82, 2.24) is 10.2 Å². The Morgan fingerprint density at radius 1 is 1.21 bits per heavy atom. The van der Waals surface area contributed by atoms with E-state index in [1.54, 1.807) is 6.92 Å². The molecular formula is C11H22N2O. The van der Waals surface area contributed by atoms with E-state index in [1.807, 2.05) is 0 Å². The van der Waals surface area contributed by atoms with Crippen LogP contribution in [-0.2, 0) is 4.79 Å². The molecule has 0 spiro atoms. The predicted molar refractivity (Wildman–Crippen MR) is 58.4 cm³/mol. The average Bonchev–Trinajstić information content (AvgIpc) is 1.74. The maximum absolute atomic E-state index is 11.1. The zero-order valence-corrected chi connectivity index (χ0v) is 9.98. The molecule has 1 rings (SSSR count). The number of rotatable bonds is 2. The summed E-state index contributed by atoms with van der Waals surface area (Å²) < 4.78 is 0. The number of carbonyl (C=O) groups is 1. The Labute approximate surface area is 86.9 Å². The van der Waals surface area contributed by atoms with Gasteiger partial charge in [-0.2, -0.15) is 0 Å². The Kier molecular flexibility index (Phi) is 3.02. The second-order valence-electron chi connectivity index (χ2n) is 5.74. The van der Waals surface area contributed by atoms with Crippen molar-refractivity contribution in [3.8, 4) is 0 Å². The van der Waals surface area contributed by atoms with E-state index in [0.29, 0.717) is 6.54 Å². The molecule has 0 aromatic rings. The lowest BCUT2D eigenvalue weighted by atomic mass is 9.91. The van der Waals surface area contributed by atoms with Gasteiger partial charge in [-0.1, -0.05) is 0 Å². The Balaban J connectivity index is 2.66. The number of hydrogen-bond donors (Lipinski definition) is 1. The summed E-state index contributed by atoms with van der Waals surface area (Å²) in [5.74, 6) is 0.249. The standard InChI is InChI=1S/C11H22N2O/c1-9(14)6-13-7-10(2,3)12-11(4,5)8-13/h12H,6-8H2,1-5H3. The van der Waals surface area contributed by atoms with Gasteiger partial charge >= 0.3 is 0 Å². The SMILES string of the molecule is CC(=O)CN1CC(C)(C)NC(C)(C)C1. The highest BCUT2D eigenvalue weighted by Gasteiger charge is 2.36. The van der Waals surface area contributed by atoms with Crippen LogP contribution in [0.2, 0.25) is 0 Å². The van der Waals surface area contributed by atoms with Crippen molar-refractivity contribution >= 4 is 5.78 Å². The van der Waals surface area contributed by atoms with Gasteiger partial charge in [0.15, 0.2) is 0 Å². The third-order valence-electron chi connectivity index (χ3n) is 2.36. The minimum absolute atomic E-state index is 0.0944. The number of hydrogen-bond acceptors (Lipinski definition) is 3. The van der Waals surface area contributed by atoms with Gasteiger partial charge in [-0.25, -0.2) is 0 Å². The van der Waals surface area contributed by atoms with E-state index in [0.717, 1.165) is 13.1 Å². The fourth-order valence-corrected chi connectivity index (χ4v) is 2.60. The van der Waals surface area contributed by atoms with Gasteiger partial charge < -0.3 is 5.32 Å². The fraction of sp³-hybridized carbons (Fsp3) is 0.909. The molecule has 1 aliphatic heterocycles. The lowest BCUT2D eigenvalue weighted by Gasteiger charge is -2.48. The van der Waals surface area contributed by atoms with Gasteiger partial charge in [0.2, 0.25) is 0 Å². The Bertz CT molecular complexity index is 217. The van der Waals surface area contributed by atoms with E-state index in [2.05, 4.69) is 37.9 Å². The van der Waals surface area contributed by atoms with Crippen molar-refractivity contribution in [3.63, 3.8) is 0 Å². The first-order chi connectivity index (χ1) is 6.20. The molecule has 0 aromatic heterocycles. The van der Waals surface area contributed by atoms with Crippen molar-refractivity contribution < 1.29 is 4.79 Å². The summed E-state index contributed by atoms with van der Waals surface area (Å²) in [5, 5.41) is 3.58. The number of nitrogens with zero attached hydrogens (tertiary/aromatic N) is 1. The van der Waals surface area contributed by atoms with Gasteiger partial charge in [0.25, 0.3) is 0 Å². The molecule has 0 amide bonds. The molecule has 3 heteroatoms. The first-order valence-electron chi connectivity index (χ1n) is 5.21. The monoisotopic (exact) mass is 198 g/mol. The highest BCUT2D eigenvalue weighted by Crippen LogP contribution is 2.20. The quantitative estimate of drug-likeness (QED) is 0.719. The molecule has 0 atom stereocenters. The molecule has 14 heavy (non-hydrogen) atoms. The summed E-state index contributed by atoms with van der Waals surface area (Å²) in [7, 11) is 0. The zero-order valence-electron chi connectivity index (χ0n) is 9.98. The van der Waals surface area contributed by atoms with E-state index in [4.69, 9.17) is 0 Å². The Morgan fingerprint density at radius 3 is 2.00 bits per heavy atom. The van der Waals surface area contributed by atoms with Gasteiger partial charge in [-0.3, -0.25) is 9.69 Å². The average molecular weight is 198 g/mol. The largest absolute Gasteiger partial charge is 0.304 e. The maximum Gasteiger partial charge on any atom is 0.143 e. The zero-order chi connectivity index (χ0) is 11.0. The molecule has 0 unspecified atom stereocenters. The molecular weight excluding hydrogens is 176 g/mol. The maximum atomic E-state index is 11.1.